The number of hydrogen-bond donors (Lipinski definition) is 1. The van der Waals surface area contributed by atoms with Crippen LogP contribution in [-0.2, 0) is 5.41 Å². The Balaban J connectivity index is 1.58. The molecule has 2 aromatic heterocycles. The quantitative estimate of drug-likeness (QED) is 0.824. The molecule has 0 radical (unpaired) electrons. The number of amidine groups is 1. The SMILES string of the molecule is CC(C)(C)c1nc(C2=NNC3C4CCCCC4n4c(cnc4Cl)N23)no1. The topological polar surface area (TPSA) is 84.4 Å². The van der Waals surface area contributed by atoms with Crippen molar-refractivity contribution >= 4 is 23.3 Å². The van der Waals surface area contributed by atoms with Crippen molar-refractivity contribution in [2.24, 2.45) is 11.0 Å². The molecule has 1 N–H and O–H groups in total. The molecule has 1 aliphatic carbocycles. The van der Waals surface area contributed by atoms with Crippen LogP contribution < -0.4 is 10.3 Å². The Morgan fingerprint density at radius 2 is 2.08 bits per heavy atom. The first-order valence-electron chi connectivity index (χ1n) is 9.15. The van der Waals surface area contributed by atoms with Gasteiger partial charge in [0.2, 0.25) is 22.8 Å². The van der Waals surface area contributed by atoms with E-state index in [2.05, 4.69) is 35.1 Å². The van der Waals surface area contributed by atoms with Crippen LogP contribution in [0.1, 0.15) is 64.2 Å². The van der Waals surface area contributed by atoms with E-state index in [-0.39, 0.29) is 11.6 Å². The third kappa shape index (κ3) is 2.21. The van der Waals surface area contributed by atoms with Gasteiger partial charge in [0.25, 0.3) is 0 Å². The van der Waals surface area contributed by atoms with Crippen molar-refractivity contribution < 1.29 is 4.52 Å². The van der Waals surface area contributed by atoms with Gasteiger partial charge in [-0.25, -0.2) is 4.98 Å². The number of rotatable bonds is 1. The third-order valence-electron chi connectivity index (χ3n) is 5.57. The van der Waals surface area contributed by atoms with Crippen LogP contribution in [0.15, 0.2) is 15.8 Å². The van der Waals surface area contributed by atoms with Crippen molar-refractivity contribution in [3.05, 3.63) is 23.2 Å². The minimum absolute atomic E-state index is 0.0761. The van der Waals surface area contributed by atoms with E-state index in [9.17, 15) is 0 Å². The lowest BCUT2D eigenvalue weighted by atomic mass is 9.80. The van der Waals surface area contributed by atoms with Gasteiger partial charge in [-0.3, -0.25) is 14.9 Å². The number of hydrazone groups is 1. The molecule has 0 spiro atoms. The first-order valence-corrected chi connectivity index (χ1v) is 9.52. The molecule has 1 fully saturated rings. The van der Waals surface area contributed by atoms with Crippen LogP contribution in [0.4, 0.5) is 5.82 Å². The second-order valence-electron chi connectivity index (χ2n) is 8.32. The summed E-state index contributed by atoms with van der Waals surface area (Å²) in [5.74, 6) is 3.10. The van der Waals surface area contributed by atoms with Crippen molar-refractivity contribution in [1.82, 2.24) is 25.1 Å². The van der Waals surface area contributed by atoms with E-state index in [0.717, 1.165) is 18.7 Å². The minimum Gasteiger partial charge on any atom is -0.338 e. The van der Waals surface area contributed by atoms with Crippen molar-refractivity contribution in [3.8, 4) is 0 Å². The van der Waals surface area contributed by atoms with Crippen LogP contribution in [0.3, 0.4) is 0 Å². The van der Waals surface area contributed by atoms with E-state index in [0.29, 0.717) is 34.8 Å². The van der Waals surface area contributed by atoms with Gasteiger partial charge in [-0.2, -0.15) is 10.1 Å². The monoisotopic (exact) mass is 375 g/mol. The summed E-state index contributed by atoms with van der Waals surface area (Å²) in [4.78, 5) is 11.1. The lowest BCUT2D eigenvalue weighted by Gasteiger charge is -2.45. The van der Waals surface area contributed by atoms with Gasteiger partial charge < -0.3 is 4.52 Å². The number of halogens is 1. The Morgan fingerprint density at radius 1 is 1.27 bits per heavy atom. The maximum Gasteiger partial charge on any atom is 0.240 e. The molecule has 5 rings (SSSR count). The average Bonchev–Trinajstić information content (AvgIpc) is 3.31. The van der Waals surface area contributed by atoms with Gasteiger partial charge in [0.05, 0.1) is 6.20 Å². The summed E-state index contributed by atoms with van der Waals surface area (Å²) in [5, 5.41) is 9.28. The maximum atomic E-state index is 6.44. The van der Waals surface area contributed by atoms with Gasteiger partial charge >= 0.3 is 0 Å². The molecule has 4 heterocycles. The second kappa shape index (κ2) is 5.45. The van der Waals surface area contributed by atoms with Gasteiger partial charge in [-0.15, -0.1) is 0 Å². The molecule has 138 valence electrons. The minimum atomic E-state index is -0.210. The second-order valence-corrected chi connectivity index (χ2v) is 8.66. The highest BCUT2D eigenvalue weighted by Crippen LogP contribution is 2.47. The molecule has 1 saturated carbocycles. The van der Waals surface area contributed by atoms with Crippen LogP contribution in [0.2, 0.25) is 5.28 Å². The molecular formula is C17H22ClN7O. The fraction of sp³-hybridized carbons (Fsp3) is 0.647. The Hall–Kier alpha value is -2.09. The molecule has 2 aliphatic heterocycles. The highest BCUT2D eigenvalue weighted by atomic mass is 35.5. The summed E-state index contributed by atoms with van der Waals surface area (Å²) >= 11 is 6.44. The zero-order valence-corrected chi connectivity index (χ0v) is 15.9. The van der Waals surface area contributed by atoms with Crippen molar-refractivity contribution in [1.29, 1.82) is 0 Å². The van der Waals surface area contributed by atoms with Crippen LogP contribution >= 0.6 is 11.6 Å². The molecule has 26 heavy (non-hydrogen) atoms. The highest BCUT2D eigenvalue weighted by molar-refractivity contribution is 6.28. The Kier molecular flexibility index (Phi) is 3.38. The van der Waals surface area contributed by atoms with E-state index in [1.165, 1.54) is 12.8 Å². The number of imidazole rings is 1. The van der Waals surface area contributed by atoms with E-state index in [1.54, 1.807) is 0 Å². The molecule has 0 saturated heterocycles. The molecule has 2 aromatic rings. The zero-order chi connectivity index (χ0) is 18.1. The molecular weight excluding hydrogens is 354 g/mol. The van der Waals surface area contributed by atoms with Gasteiger partial charge in [0.15, 0.2) is 0 Å². The van der Waals surface area contributed by atoms with Crippen LogP contribution in [0, 0.1) is 5.92 Å². The van der Waals surface area contributed by atoms with Gasteiger partial charge in [-0.1, -0.05) is 38.8 Å². The molecule has 9 heteroatoms. The molecule has 3 unspecified atom stereocenters. The zero-order valence-electron chi connectivity index (χ0n) is 15.1. The molecule has 0 amide bonds. The predicted octanol–water partition coefficient (Wildman–Crippen LogP) is 3.06. The first kappa shape index (κ1) is 16.1. The maximum absolute atomic E-state index is 6.44. The van der Waals surface area contributed by atoms with Gasteiger partial charge in [-0.05, 0) is 24.4 Å². The summed E-state index contributed by atoms with van der Waals surface area (Å²) in [5.41, 5.74) is 3.10. The van der Waals surface area contributed by atoms with Crippen molar-refractivity contribution in [2.75, 3.05) is 4.90 Å². The van der Waals surface area contributed by atoms with Crippen LogP contribution in [0.25, 0.3) is 0 Å². The first-order chi connectivity index (χ1) is 12.4. The fourth-order valence-electron chi connectivity index (χ4n) is 4.33. The average molecular weight is 376 g/mol. The molecule has 0 bridgehead atoms. The molecule has 0 aromatic carbocycles. The number of hydrogen-bond acceptors (Lipinski definition) is 7. The lowest BCUT2D eigenvalue weighted by molar-refractivity contribution is 0.176. The largest absolute Gasteiger partial charge is 0.338 e. The van der Waals surface area contributed by atoms with E-state index >= 15 is 0 Å². The fourth-order valence-corrected chi connectivity index (χ4v) is 4.59. The number of anilines is 1. The summed E-state index contributed by atoms with van der Waals surface area (Å²) in [6, 6.07) is 0.354. The van der Waals surface area contributed by atoms with Crippen molar-refractivity contribution in [2.45, 2.75) is 64.1 Å². The Morgan fingerprint density at radius 3 is 2.85 bits per heavy atom. The molecule has 3 atom stereocenters. The summed E-state index contributed by atoms with van der Waals surface area (Å²) in [6.45, 7) is 6.14. The predicted molar refractivity (Wildman–Crippen MR) is 97.2 cm³/mol. The number of aromatic nitrogens is 4. The Bertz CT molecular complexity index is 880. The Labute approximate surface area is 156 Å². The lowest BCUT2D eigenvalue weighted by Crippen LogP contribution is -2.54. The molecule has 3 aliphatic rings. The van der Waals surface area contributed by atoms with E-state index in [1.807, 2.05) is 27.0 Å². The van der Waals surface area contributed by atoms with Gasteiger partial charge in [0.1, 0.15) is 12.0 Å². The van der Waals surface area contributed by atoms with Crippen molar-refractivity contribution in [3.63, 3.8) is 0 Å². The van der Waals surface area contributed by atoms with E-state index in [4.69, 9.17) is 16.1 Å². The number of nitrogens with zero attached hydrogens (tertiary/aromatic N) is 6. The number of fused-ring (bicyclic) bond motifs is 6. The van der Waals surface area contributed by atoms with Crippen LogP contribution in [-0.4, -0.2) is 31.7 Å². The van der Waals surface area contributed by atoms with E-state index < -0.39 is 0 Å². The summed E-state index contributed by atoms with van der Waals surface area (Å²) in [6.07, 6.45) is 6.58. The van der Waals surface area contributed by atoms with Gasteiger partial charge in [0, 0.05) is 17.4 Å². The summed E-state index contributed by atoms with van der Waals surface area (Å²) < 4.78 is 7.62. The molecule has 8 nitrogen and oxygen atoms in total. The summed E-state index contributed by atoms with van der Waals surface area (Å²) in [7, 11) is 0. The smallest absolute Gasteiger partial charge is 0.240 e. The normalized spacial score (nSPS) is 27.5. The highest BCUT2D eigenvalue weighted by Gasteiger charge is 2.48. The number of nitrogens with one attached hydrogen (secondary N) is 1. The third-order valence-corrected chi connectivity index (χ3v) is 5.85. The van der Waals surface area contributed by atoms with Crippen LogP contribution in [0.5, 0.6) is 0 Å². The standard InChI is InChI=1S/C17H22ClN7O/c1-17(2,3)15-20-12(23-26-15)14-22-21-13-9-6-4-5-7-10(9)24-11(25(13)14)8-19-16(24)18/h8-10,13,21H,4-7H2,1-3H3.